The summed E-state index contributed by atoms with van der Waals surface area (Å²) < 4.78 is 13.6. The number of hydrogen-bond donors (Lipinski definition) is 1. The van der Waals surface area contributed by atoms with Gasteiger partial charge in [-0.1, -0.05) is 35.3 Å². The molecular weight excluding hydrogens is 344 g/mol. The van der Waals surface area contributed by atoms with Crippen LogP contribution < -0.4 is 5.32 Å². The van der Waals surface area contributed by atoms with Gasteiger partial charge in [0.15, 0.2) is 0 Å². The van der Waals surface area contributed by atoms with Crippen molar-refractivity contribution in [1.82, 2.24) is 0 Å². The number of hydrogen-bond acceptors (Lipinski definition) is 2. The van der Waals surface area contributed by atoms with Crippen molar-refractivity contribution < 1.29 is 9.18 Å². The summed E-state index contributed by atoms with van der Waals surface area (Å²) in [6.07, 6.45) is 0. The zero-order valence-corrected chi connectivity index (χ0v) is 14.2. The molecule has 2 aromatic rings. The Labute approximate surface area is 143 Å². The highest BCUT2D eigenvalue weighted by Crippen LogP contribution is 2.25. The molecule has 22 heavy (non-hydrogen) atoms. The van der Waals surface area contributed by atoms with Crippen LogP contribution in [0.3, 0.4) is 0 Å². The van der Waals surface area contributed by atoms with E-state index in [-0.39, 0.29) is 17.5 Å². The molecule has 0 bridgehead atoms. The summed E-state index contributed by atoms with van der Waals surface area (Å²) >= 11 is 13.3. The Morgan fingerprint density at radius 1 is 1.18 bits per heavy atom. The lowest BCUT2D eigenvalue weighted by atomic mass is 10.2. The van der Waals surface area contributed by atoms with Gasteiger partial charge >= 0.3 is 0 Å². The predicted octanol–water partition coefficient (Wildman–Crippen LogP) is 5.31. The first kappa shape index (κ1) is 17.1. The van der Waals surface area contributed by atoms with E-state index in [1.54, 1.807) is 30.3 Å². The zero-order valence-electron chi connectivity index (χ0n) is 11.8. The van der Waals surface area contributed by atoms with E-state index in [0.717, 1.165) is 5.56 Å². The molecule has 0 heterocycles. The Morgan fingerprint density at radius 2 is 1.86 bits per heavy atom. The fraction of sp³-hybridized carbons (Fsp3) is 0.188. The number of carbonyl (C=O) groups excluding carboxylic acids is 1. The largest absolute Gasteiger partial charge is 0.325 e. The van der Waals surface area contributed by atoms with E-state index in [2.05, 4.69) is 5.32 Å². The first-order valence-electron chi connectivity index (χ1n) is 6.54. The second-order valence-corrected chi connectivity index (χ2v) is 6.45. The van der Waals surface area contributed by atoms with Gasteiger partial charge in [-0.15, -0.1) is 11.8 Å². The summed E-state index contributed by atoms with van der Waals surface area (Å²) in [5.74, 6) is 0.0262. The molecule has 1 amide bonds. The molecule has 116 valence electrons. The zero-order chi connectivity index (χ0) is 16.1. The van der Waals surface area contributed by atoms with Crippen molar-refractivity contribution in [3.8, 4) is 0 Å². The molecule has 1 N–H and O–H groups in total. The van der Waals surface area contributed by atoms with Crippen molar-refractivity contribution in [1.29, 1.82) is 0 Å². The number of anilines is 1. The fourth-order valence-electron chi connectivity index (χ4n) is 1.85. The van der Waals surface area contributed by atoms with E-state index < -0.39 is 0 Å². The highest BCUT2D eigenvalue weighted by atomic mass is 35.5. The van der Waals surface area contributed by atoms with E-state index >= 15 is 0 Å². The molecule has 0 fully saturated rings. The molecule has 6 heteroatoms. The molecule has 0 saturated carbocycles. The number of halogens is 3. The van der Waals surface area contributed by atoms with E-state index in [9.17, 15) is 9.18 Å². The first-order valence-corrected chi connectivity index (χ1v) is 8.45. The highest BCUT2D eigenvalue weighted by molar-refractivity contribution is 7.99. The summed E-state index contributed by atoms with van der Waals surface area (Å²) in [4.78, 5) is 11.9. The molecule has 2 aromatic carbocycles. The molecule has 0 aliphatic heterocycles. The van der Waals surface area contributed by atoms with E-state index in [0.29, 0.717) is 27.0 Å². The van der Waals surface area contributed by atoms with Gasteiger partial charge in [0.05, 0.1) is 5.75 Å². The number of amides is 1. The van der Waals surface area contributed by atoms with Gasteiger partial charge in [0.2, 0.25) is 5.91 Å². The number of rotatable bonds is 5. The SMILES string of the molecule is Cc1c(Cl)cccc1NC(=O)CSCc1c(F)cccc1Cl. The van der Waals surface area contributed by atoms with Crippen LogP contribution in [0.5, 0.6) is 0 Å². The first-order chi connectivity index (χ1) is 10.5. The van der Waals surface area contributed by atoms with Crippen LogP contribution in [0.15, 0.2) is 36.4 Å². The predicted molar refractivity (Wildman–Crippen MR) is 92.4 cm³/mol. The third-order valence-electron chi connectivity index (χ3n) is 3.08. The molecule has 0 aliphatic carbocycles. The molecule has 0 aromatic heterocycles. The van der Waals surface area contributed by atoms with Gasteiger partial charge < -0.3 is 5.32 Å². The fourth-order valence-corrected chi connectivity index (χ4v) is 3.19. The third kappa shape index (κ3) is 4.38. The normalized spacial score (nSPS) is 10.5. The van der Waals surface area contributed by atoms with Crippen LogP contribution in [0, 0.1) is 12.7 Å². The summed E-state index contributed by atoms with van der Waals surface area (Å²) in [6, 6.07) is 9.88. The second kappa shape index (κ2) is 7.86. The minimum atomic E-state index is -0.355. The molecule has 0 unspecified atom stereocenters. The van der Waals surface area contributed by atoms with Crippen molar-refractivity contribution in [2.24, 2.45) is 0 Å². The average molecular weight is 358 g/mol. The van der Waals surface area contributed by atoms with Crippen molar-refractivity contribution in [3.05, 3.63) is 63.4 Å². The van der Waals surface area contributed by atoms with Gasteiger partial charge in [-0.2, -0.15) is 0 Å². The van der Waals surface area contributed by atoms with Gasteiger partial charge in [0.25, 0.3) is 0 Å². The van der Waals surface area contributed by atoms with Crippen LogP contribution >= 0.6 is 35.0 Å². The topological polar surface area (TPSA) is 29.1 Å². The second-order valence-electron chi connectivity index (χ2n) is 4.65. The van der Waals surface area contributed by atoms with Crippen molar-refractivity contribution in [3.63, 3.8) is 0 Å². The Hall–Kier alpha value is -1.23. The van der Waals surface area contributed by atoms with Gasteiger partial charge in [-0.25, -0.2) is 4.39 Å². The highest BCUT2D eigenvalue weighted by Gasteiger charge is 2.10. The number of thioether (sulfide) groups is 1. The summed E-state index contributed by atoms with van der Waals surface area (Å²) in [5.41, 5.74) is 1.92. The number of benzene rings is 2. The average Bonchev–Trinajstić information content (AvgIpc) is 2.47. The van der Waals surface area contributed by atoms with Crippen LogP contribution in [0.1, 0.15) is 11.1 Å². The Morgan fingerprint density at radius 3 is 2.59 bits per heavy atom. The van der Waals surface area contributed by atoms with Crippen molar-refractivity contribution in [2.75, 3.05) is 11.1 Å². The Bertz CT molecular complexity index is 674. The summed E-state index contributed by atoms with van der Waals surface area (Å²) in [5, 5.41) is 3.77. The van der Waals surface area contributed by atoms with Crippen molar-refractivity contribution >= 4 is 46.6 Å². The smallest absolute Gasteiger partial charge is 0.234 e. The lowest BCUT2D eigenvalue weighted by Crippen LogP contribution is -2.15. The molecule has 2 nitrogen and oxygen atoms in total. The Kier molecular flexibility index (Phi) is 6.12. The van der Waals surface area contributed by atoms with Crippen LogP contribution in [-0.2, 0) is 10.5 Å². The lowest BCUT2D eigenvalue weighted by molar-refractivity contribution is -0.113. The minimum Gasteiger partial charge on any atom is -0.325 e. The number of carbonyl (C=O) groups is 1. The molecule has 2 rings (SSSR count). The standard InChI is InChI=1S/C16H14Cl2FNOS/c1-10-12(17)4-3-7-15(10)20-16(21)9-22-8-11-13(18)5-2-6-14(11)19/h2-7H,8-9H2,1H3,(H,20,21). The molecule has 0 atom stereocenters. The number of nitrogens with one attached hydrogen (secondary N) is 1. The monoisotopic (exact) mass is 357 g/mol. The van der Waals surface area contributed by atoms with E-state index in [4.69, 9.17) is 23.2 Å². The van der Waals surface area contributed by atoms with Gasteiger partial charge in [-0.05, 0) is 36.8 Å². The molecule has 0 saturated heterocycles. The lowest BCUT2D eigenvalue weighted by Gasteiger charge is -2.10. The Balaban J connectivity index is 1.90. The van der Waals surface area contributed by atoms with E-state index in [1.807, 2.05) is 6.92 Å². The molecule has 0 spiro atoms. The molecule has 0 aliphatic rings. The van der Waals surface area contributed by atoms with Crippen LogP contribution in [0.4, 0.5) is 10.1 Å². The van der Waals surface area contributed by atoms with Crippen LogP contribution in [0.25, 0.3) is 0 Å². The van der Waals surface area contributed by atoms with Gasteiger partial charge in [0.1, 0.15) is 5.82 Å². The summed E-state index contributed by atoms with van der Waals surface area (Å²) in [6.45, 7) is 1.84. The molecule has 0 radical (unpaired) electrons. The maximum Gasteiger partial charge on any atom is 0.234 e. The maximum atomic E-state index is 13.6. The summed E-state index contributed by atoms with van der Waals surface area (Å²) in [7, 11) is 0. The van der Waals surface area contributed by atoms with Crippen LogP contribution in [-0.4, -0.2) is 11.7 Å². The minimum absolute atomic E-state index is 0.164. The van der Waals surface area contributed by atoms with E-state index in [1.165, 1.54) is 17.8 Å². The third-order valence-corrected chi connectivity index (χ3v) is 4.81. The quantitative estimate of drug-likeness (QED) is 0.785. The molecular formula is C16H14Cl2FNOS. The van der Waals surface area contributed by atoms with Crippen LogP contribution in [0.2, 0.25) is 10.0 Å². The maximum absolute atomic E-state index is 13.6. The van der Waals surface area contributed by atoms with Gasteiger partial charge in [-0.3, -0.25) is 4.79 Å². The van der Waals surface area contributed by atoms with Crippen molar-refractivity contribution in [2.45, 2.75) is 12.7 Å². The van der Waals surface area contributed by atoms with Gasteiger partial charge in [0, 0.05) is 27.0 Å².